The van der Waals surface area contributed by atoms with Crippen molar-refractivity contribution in [1.82, 2.24) is 9.88 Å². The van der Waals surface area contributed by atoms with Gasteiger partial charge in [0.1, 0.15) is 5.75 Å². The fourth-order valence-electron chi connectivity index (χ4n) is 2.09. The minimum Gasteiger partial charge on any atom is -0.497 e. The maximum Gasteiger partial charge on any atom is 0.118 e. The van der Waals surface area contributed by atoms with Crippen LogP contribution in [-0.4, -0.2) is 35.3 Å². The number of aromatic nitrogens is 1. The lowest BCUT2D eigenvalue weighted by molar-refractivity contribution is 0.184. The Kier molecular flexibility index (Phi) is 5.53. The molecule has 0 saturated carbocycles. The SMILES string of the molecule is COc1ccc(CN(CCO)Cc2cccnc2)cc1. The second kappa shape index (κ2) is 7.62. The van der Waals surface area contributed by atoms with Gasteiger partial charge in [0.25, 0.3) is 0 Å². The van der Waals surface area contributed by atoms with Crippen LogP contribution in [0.5, 0.6) is 5.75 Å². The van der Waals surface area contributed by atoms with Crippen LogP contribution >= 0.6 is 0 Å². The highest BCUT2D eigenvalue weighted by atomic mass is 16.5. The number of methoxy groups -OCH3 is 1. The average molecular weight is 272 g/mol. The Morgan fingerprint density at radius 2 is 1.85 bits per heavy atom. The third-order valence-corrected chi connectivity index (χ3v) is 3.11. The molecule has 0 aliphatic carbocycles. The lowest BCUT2D eigenvalue weighted by atomic mass is 10.2. The van der Waals surface area contributed by atoms with Crippen molar-refractivity contribution in [3.8, 4) is 5.75 Å². The highest BCUT2D eigenvalue weighted by molar-refractivity contribution is 5.27. The van der Waals surface area contributed by atoms with Crippen LogP contribution in [0.3, 0.4) is 0 Å². The second-order valence-electron chi connectivity index (χ2n) is 4.64. The highest BCUT2D eigenvalue weighted by Crippen LogP contribution is 2.14. The predicted molar refractivity (Wildman–Crippen MR) is 78.4 cm³/mol. The number of aliphatic hydroxyl groups excluding tert-OH is 1. The molecule has 106 valence electrons. The molecule has 4 heteroatoms. The van der Waals surface area contributed by atoms with Crippen molar-refractivity contribution in [2.75, 3.05) is 20.3 Å². The summed E-state index contributed by atoms with van der Waals surface area (Å²) in [6.45, 7) is 2.36. The summed E-state index contributed by atoms with van der Waals surface area (Å²) in [6, 6.07) is 12.0. The first-order chi connectivity index (χ1) is 9.81. The molecule has 0 aliphatic heterocycles. The Hall–Kier alpha value is -1.91. The fraction of sp³-hybridized carbons (Fsp3) is 0.312. The molecule has 0 radical (unpaired) electrons. The number of aliphatic hydroxyl groups is 1. The number of pyridine rings is 1. The zero-order valence-electron chi connectivity index (χ0n) is 11.7. The largest absolute Gasteiger partial charge is 0.497 e. The Morgan fingerprint density at radius 3 is 2.45 bits per heavy atom. The summed E-state index contributed by atoms with van der Waals surface area (Å²) in [5.41, 5.74) is 2.35. The molecule has 0 fully saturated rings. The van der Waals surface area contributed by atoms with Gasteiger partial charge in [-0.1, -0.05) is 18.2 Å². The minimum atomic E-state index is 0.149. The first-order valence-corrected chi connectivity index (χ1v) is 6.67. The molecule has 1 aromatic carbocycles. The summed E-state index contributed by atoms with van der Waals surface area (Å²) < 4.78 is 5.16. The monoisotopic (exact) mass is 272 g/mol. The molecule has 1 N–H and O–H groups in total. The van der Waals surface area contributed by atoms with E-state index in [9.17, 15) is 5.11 Å². The average Bonchev–Trinajstić information content (AvgIpc) is 2.49. The molecule has 1 aromatic heterocycles. The van der Waals surface area contributed by atoms with E-state index in [1.807, 2.05) is 42.6 Å². The van der Waals surface area contributed by atoms with Gasteiger partial charge >= 0.3 is 0 Å². The number of ether oxygens (including phenoxy) is 1. The summed E-state index contributed by atoms with van der Waals surface area (Å²) in [6.07, 6.45) is 3.63. The van der Waals surface area contributed by atoms with Gasteiger partial charge in [-0.2, -0.15) is 0 Å². The van der Waals surface area contributed by atoms with E-state index in [0.29, 0.717) is 6.54 Å². The number of hydrogen-bond donors (Lipinski definition) is 1. The second-order valence-corrected chi connectivity index (χ2v) is 4.64. The van der Waals surface area contributed by atoms with E-state index in [1.54, 1.807) is 13.3 Å². The van der Waals surface area contributed by atoms with Gasteiger partial charge < -0.3 is 9.84 Å². The van der Waals surface area contributed by atoms with Crippen LogP contribution < -0.4 is 4.74 Å². The van der Waals surface area contributed by atoms with Crippen molar-refractivity contribution in [3.05, 3.63) is 59.9 Å². The Balaban J connectivity index is 2.00. The van der Waals surface area contributed by atoms with Crippen molar-refractivity contribution >= 4 is 0 Å². The van der Waals surface area contributed by atoms with E-state index in [2.05, 4.69) is 9.88 Å². The Bertz CT molecular complexity index is 500. The topological polar surface area (TPSA) is 45.6 Å². The predicted octanol–water partition coefficient (Wildman–Crippen LogP) is 2.08. The van der Waals surface area contributed by atoms with Gasteiger partial charge in [0.2, 0.25) is 0 Å². The maximum absolute atomic E-state index is 9.20. The molecule has 2 rings (SSSR count). The van der Waals surface area contributed by atoms with Gasteiger partial charge in [-0.05, 0) is 29.3 Å². The smallest absolute Gasteiger partial charge is 0.118 e. The van der Waals surface area contributed by atoms with Crippen molar-refractivity contribution < 1.29 is 9.84 Å². The lowest BCUT2D eigenvalue weighted by Crippen LogP contribution is -2.26. The quantitative estimate of drug-likeness (QED) is 0.838. The fourth-order valence-corrected chi connectivity index (χ4v) is 2.09. The van der Waals surface area contributed by atoms with Crippen LogP contribution in [0.2, 0.25) is 0 Å². The number of benzene rings is 1. The maximum atomic E-state index is 9.20. The molecule has 4 nitrogen and oxygen atoms in total. The van der Waals surface area contributed by atoms with Crippen LogP contribution in [0, 0.1) is 0 Å². The molecule has 2 aromatic rings. The molecule has 0 bridgehead atoms. The first-order valence-electron chi connectivity index (χ1n) is 6.67. The van der Waals surface area contributed by atoms with Crippen LogP contribution in [0.1, 0.15) is 11.1 Å². The summed E-state index contributed by atoms with van der Waals surface area (Å²) in [5.74, 6) is 0.856. The summed E-state index contributed by atoms with van der Waals surface area (Å²) in [5, 5.41) is 9.20. The summed E-state index contributed by atoms with van der Waals surface area (Å²) in [4.78, 5) is 6.32. The van der Waals surface area contributed by atoms with Gasteiger partial charge in [0.15, 0.2) is 0 Å². The van der Waals surface area contributed by atoms with Crippen molar-refractivity contribution in [1.29, 1.82) is 0 Å². The number of hydrogen-bond acceptors (Lipinski definition) is 4. The van der Waals surface area contributed by atoms with Gasteiger partial charge in [0.05, 0.1) is 13.7 Å². The van der Waals surface area contributed by atoms with E-state index in [0.717, 1.165) is 24.4 Å². The molecule has 0 amide bonds. The van der Waals surface area contributed by atoms with E-state index >= 15 is 0 Å². The van der Waals surface area contributed by atoms with Crippen molar-refractivity contribution in [3.63, 3.8) is 0 Å². The van der Waals surface area contributed by atoms with E-state index in [1.165, 1.54) is 5.56 Å². The molecule has 0 unspecified atom stereocenters. The number of nitrogens with zero attached hydrogens (tertiary/aromatic N) is 2. The van der Waals surface area contributed by atoms with Crippen LogP contribution in [0.25, 0.3) is 0 Å². The minimum absolute atomic E-state index is 0.149. The molecular weight excluding hydrogens is 252 g/mol. The molecular formula is C16H20N2O2. The Morgan fingerprint density at radius 1 is 1.10 bits per heavy atom. The molecule has 0 aliphatic rings. The van der Waals surface area contributed by atoms with Gasteiger partial charge in [0, 0.05) is 32.0 Å². The van der Waals surface area contributed by atoms with Crippen LogP contribution in [0.15, 0.2) is 48.8 Å². The molecule has 0 saturated heterocycles. The van der Waals surface area contributed by atoms with Gasteiger partial charge in [-0.25, -0.2) is 0 Å². The van der Waals surface area contributed by atoms with Crippen LogP contribution in [0.4, 0.5) is 0 Å². The lowest BCUT2D eigenvalue weighted by Gasteiger charge is -2.21. The molecule has 20 heavy (non-hydrogen) atoms. The van der Waals surface area contributed by atoms with Crippen molar-refractivity contribution in [2.45, 2.75) is 13.1 Å². The van der Waals surface area contributed by atoms with E-state index < -0.39 is 0 Å². The molecule has 0 atom stereocenters. The molecule has 0 spiro atoms. The van der Waals surface area contributed by atoms with Crippen molar-refractivity contribution in [2.24, 2.45) is 0 Å². The normalized spacial score (nSPS) is 10.8. The summed E-state index contributed by atoms with van der Waals surface area (Å²) in [7, 11) is 1.66. The van der Waals surface area contributed by atoms with Gasteiger partial charge in [-0.3, -0.25) is 9.88 Å². The Labute approximate surface area is 119 Å². The molecule has 1 heterocycles. The standard InChI is InChI=1S/C16H20N2O2/c1-20-16-6-4-14(5-7-16)12-18(9-10-19)13-15-3-2-8-17-11-15/h2-8,11,19H,9-10,12-13H2,1H3. The van der Waals surface area contributed by atoms with E-state index in [-0.39, 0.29) is 6.61 Å². The first kappa shape index (κ1) is 14.5. The third-order valence-electron chi connectivity index (χ3n) is 3.11. The van der Waals surface area contributed by atoms with Crippen LogP contribution in [-0.2, 0) is 13.1 Å². The van der Waals surface area contributed by atoms with E-state index in [4.69, 9.17) is 4.74 Å². The van der Waals surface area contributed by atoms with Gasteiger partial charge in [-0.15, -0.1) is 0 Å². The third kappa shape index (κ3) is 4.33. The summed E-state index contributed by atoms with van der Waals surface area (Å²) >= 11 is 0. The zero-order valence-corrected chi connectivity index (χ0v) is 11.7. The zero-order chi connectivity index (χ0) is 14.2. The highest BCUT2D eigenvalue weighted by Gasteiger charge is 2.07. The number of rotatable bonds is 7.